The van der Waals surface area contributed by atoms with Crippen LogP contribution in [0.1, 0.15) is 12.5 Å². The number of methoxy groups -OCH3 is 2. The minimum atomic E-state index is -1.37. The number of anilines is 1. The summed E-state index contributed by atoms with van der Waals surface area (Å²) >= 11 is 12.1. The summed E-state index contributed by atoms with van der Waals surface area (Å²) in [7, 11) is 2.84. The average Bonchev–Trinajstić information content (AvgIpc) is 2.64. The second-order valence-electron chi connectivity index (χ2n) is 5.81. The molecule has 0 aliphatic rings. The predicted octanol–water partition coefficient (Wildman–Crippen LogP) is 5.00. The van der Waals surface area contributed by atoms with E-state index >= 15 is 0 Å². The number of amides is 1. The summed E-state index contributed by atoms with van der Waals surface area (Å²) in [5.41, 5.74) is 1.46. The number of hydrogen-bond acceptors (Lipinski definition) is 6. The van der Waals surface area contributed by atoms with Crippen molar-refractivity contribution in [1.82, 2.24) is 0 Å². The Morgan fingerprint density at radius 3 is 2.43 bits per heavy atom. The first-order chi connectivity index (χ1) is 13.3. The van der Waals surface area contributed by atoms with Gasteiger partial charge in [-0.3, -0.25) is 9.59 Å². The molecule has 0 aliphatic carbocycles. The number of carbonyl (C=O) groups is 2. The molecule has 0 aromatic heterocycles. The molecule has 0 radical (unpaired) electrons. The fourth-order valence-corrected chi connectivity index (χ4v) is 2.75. The number of benzene rings is 2. The summed E-state index contributed by atoms with van der Waals surface area (Å²) in [4.78, 5) is 24.7. The van der Waals surface area contributed by atoms with Crippen LogP contribution >= 0.6 is 23.2 Å². The Labute approximate surface area is 172 Å². The summed E-state index contributed by atoms with van der Waals surface area (Å²) in [5, 5.41) is 11.3. The van der Waals surface area contributed by atoms with E-state index in [0.717, 1.165) is 5.56 Å². The molecule has 9 heteroatoms. The molecule has 0 fully saturated rings. The van der Waals surface area contributed by atoms with E-state index in [4.69, 9.17) is 32.7 Å². The van der Waals surface area contributed by atoms with Gasteiger partial charge in [-0.2, -0.15) is 10.2 Å². The van der Waals surface area contributed by atoms with Gasteiger partial charge in [0.05, 0.1) is 24.9 Å². The fraction of sp³-hybridized carbons (Fsp3) is 0.263. The summed E-state index contributed by atoms with van der Waals surface area (Å²) in [6.45, 7) is 3.07. The van der Waals surface area contributed by atoms with E-state index in [1.165, 1.54) is 21.1 Å². The van der Waals surface area contributed by atoms with Gasteiger partial charge in [0.2, 0.25) is 6.04 Å². The number of hydrogen-bond donors (Lipinski definition) is 1. The smallest absolute Gasteiger partial charge is 0.259 e. The van der Waals surface area contributed by atoms with Gasteiger partial charge in [-0.1, -0.05) is 29.3 Å². The Hall–Kier alpha value is -2.64. The normalized spacial score (nSPS) is 11.9. The molecule has 28 heavy (non-hydrogen) atoms. The molecule has 2 rings (SSSR count). The largest absolute Gasteiger partial charge is 0.494 e. The Balaban J connectivity index is 2.35. The van der Waals surface area contributed by atoms with Crippen LogP contribution in [0.3, 0.4) is 0 Å². The number of Topliss-reactive ketones (excluding diaryl/α,β-unsaturated/α-hetero) is 1. The van der Waals surface area contributed by atoms with Crippen molar-refractivity contribution in [2.24, 2.45) is 10.2 Å². The minimum Gasteiger partial charge on any atom is -0.494 e. The number of nitrogens with one attached hydrogen (secondary N) is 1. The molecular weight excluding hydrogens is 405 g/mol. The van der Waals surface area contributed by atoms with E-state index < -0.39 is 17.7 Å². The number of rotatable bonds is 7. The first-order valence-corrected chi connectivity index (χ1v) is 8.92. The average molecular weight is 424 g/mol. The van der Waals surface area contributed by atoms with Gasteiger partial charge in [0.1, 0.15) is 11.4 Å². The second-order valence-corrected chi connectivity index (χ2v) is 6.65. The topological polar surface area (TPSA) is 89.3 Å². The Kier molecular flexibility index (Phi) is 7.37. The zero-order chi connectivity index (χ0) is 20.8. The predicted molar refractivity (Wildman–Crippen MR) is 108 cm³/mol. The summed E-state index contributed by atoms with van der Waals surface area (Å²) < 4.78 is 10.5. The zero-order valence-electron chi connectivity index (χ0n) is 15.7. The Morgan fingerprint density at radius 1 is 1.11 bits per heavy atom. The van der Waals surface area contributed by atoms with Gasteiger partial charge in [0.15, 0.2) is 11.5 Å². The molecule has 1 N–H and O–H groups in total. The van der Waals surface area contributed by atoms with Crippen molar-refractivity contribution in [2.75, 3.05) is 19.5 Å². The molecule has 2 aromatic carbocycles. The van der Waals surface area contributed by atoms with Crippen LogP contribution < -0.4 is 14.8 Å². The monoisotopic (exact) mass is 423 g/mol. The lowest BCUT2D eigenvalue weighted by Gasteiger charge is -2.16. The number of nitrogens with zero attached hydrogens (tertiary/aromatic N) is 2. The highest BCUT2D eigenvalue weighted by molar-refractivity contribution is 6.33. The van der Waals surface area contributed by atoms with Crippen LogP contribution in [0.4, 0.5) is 11.4 Å². The minimum absolute atomic E-state index is 0.197. The zero-order valence-corrected chi connectivity index (χ0v) is 17.3. The van der Waals surface area contributed by atoms with Crippen molar-refractivity contribution in [1.29, 1.82) is 0 Å². The van der Waals surface area contributed by atoms with E-state index in [0.29, 0.717) is 16.5 Å². The molecule has 0 saturated heterocycles. The molecule has 7 nitrogen and oxygen atoms in total. The number of carbonyl (C=O) groups excluding carboxylic acids is 2. The fourth-order valence-electron chi connectivity index (χ4n) is 2.35. The number of ether oxygens (including phenoxy) is 2. The van der Waals surface area contributed by atoms with Gasteiger partial charge >= 0.3 is 0 Å². The third kappa shape index (κ3) is 4.99. The van der Waals surface area contributed by atoms with E-state index in [1.54, 1.807) is 30.3 Å². The van der Waals surface area contributed by atoms with Gasteiger partial charge in [0, 0.05) is 5.02 Å². The van der Waals surface area contributed by atoms with Gasteiger partial charge in [-0.25, -0.2) is 0 Å². The molecule has 1 amide bonds. The van der Waals surface area contributed by atoms with Crippen molar-refractivity contribution >= 4 is 46.3 Å². The molecule has 0 saturated carbocycles. The van der Waals surface area contributed by atoms with Crippen LogP contribution in [-0.4, -0.2) is 32.0 Å². The standard InChI is InChI=1S/C19H19Cl2N3O4/c1-10-5-6-12(20)9-14(10)23-24-16(11(2)25)19(26)22-17-15(27-3)8-7-13(21)18(17)28-4/h5-9,16H,1-4H3,(H,22,26). The summed E-state index contributed by atoms with van der Waals surface area (Å²) in [6.07, 6.45) is 0. The molecule has 2 aromatic rings. The molecule has 1 unspecified atom stereocenters. The summed E-state index contributed by atoms with van der Waals surface area (Å²) in [6, 6.07) is 6.84. The number of halogens is 2. The molecule has 0 aliphatic heterocycles. The number of ketones is 1. The van der Waals surface area contributed by atoms with Crippen molar-refractivity contribution in [3.63, 3.8) is 0 Å². The maximum absolute atomic E-state index is 12.7. The Morgan fingerprint density at radius 2 is 1.82 bits per heavy atom. The maximum atomic E-state index is 12.7. The van der Waals surface area contributed by atoms with Crippen LogP contribution in [0.2, 0.25) is 10.0 Å². The highest BCUT2D eigenvalue weighted by Crippen LogP contribution is 2.40. The highest BCUT2D eigenvalue weighted by atomic mass is 35.5. The van der Waals surface area contributed by atoms with Crippen molar-refractivity contribution in [3.05, 3.63) is 45.9 Å². The lowest BCUT2D eigenvalue weighted by atomic mass is 10.2. The van der Waals surface area contributed by atoms with Crippen molar-refractivity contribution in [2.45, 2.75) is 19.9 Å². The quantitative estimate of drug-likeness (QED) is 0.501. The first kappa shape index (κ1) is 21.7. The van der Waals surface area contributed by atoms with Crippen molar-refractivity contribution in [3.8, 4) is 11.5 Å². The Bertz CT molecular complexity index is 932. The van der Waals surface area contributed by atoms with Crippen LogP contribution in [0.5, 0.6) is 11.5 Å². The first-order valence-electron chi connectivity index (χ1n) is 8.17. The van der Waals surface area contributed by atoms with Crippen LogP contribution in [0, 0.1) is 6.92 Å². The molecular formula is C19H19Cl2N3O4. The van der Waals surface area contributed by atoms with Gasteiger partial charge in [-0.15, -0.1) is 0 Å². The molecule has 148 valence electrons. The highest BCUT2D eigenvalue weighted by Gasteiger charge is 2.26. The maximum Gasteiger partial charge on any atom is 0.259 e. The van der Waals surface area contributed by atoms with Crippen molar-refractivity contribution < 1.29 is 19.1 Å². The summed E-state index contributed by atoms with van der Waals surface area (Å²) in [5.74, 6) is -0.658. The van der Waals surface area contributed by atoms with E-state index in [-0.39, 0.29) is 16.5 Å². The SMILES string of the molecule is COc1ccc(Cl)c(OC)c1NC(=O)C(N=Nc1cc(Cl)ccc1C)C(C)=O. The molecule has 0 spiro atoms. The lowest BCUT2D eigenvalue weighted by molar-refractivity contribution is -0.126. The number of aryl methyl sites for hydroxylation is 1. The van der Waals surface area contributed by atoms with Crippen LogP contribution in [-0.2, 0) is 9.59 Å². The van der Waals surface area contributed by atoms with Crippen LogP contribution in [0.15, 0.2) is 40.6 Å². The molecule has 0 bridgehead atoms. The molecule has 0 heterocycles. The van der Waals surface area contributed by atoms with Crippen LogP contribution in [0.25, 0.3) is 0 Å². The van der Waals surface area contributed by atoms with Gasteiger partial charge < -0.3 is 14.8 Å². The molecule has 1 atom stereocenters. The number of azo groups is 1. The third-order valence-corrected chi connectivity index (χ3v) is 4.36. The van der Waals surface area contributed by atoms with Gasteiger partial charge in [0.25, 0.3) is 5.91 Å². The van der Waals surface area contributed by atoms with E-state index in [1.807, 2.05) is 6.92 Å². The lowest BCUT2D eigenvalue weighted by Crippen LogP contribution is -2.32. The second kappa shape index (κ2) is 9.52. The van der Waals surface area contributed by atoms with E-state index in [9.17, 15) is 9.59 Å². The van der Waals surface area contributed by atoms with Gasteiger partial charge in [-0.05, 0) is 43.7 Å². The third-order valence-electron chi connectivity index (χ3n) is 3.83. The van der Waals surface area contributed by atoms with E-state index in [2.05, 4.69) is 15.5 Å².